The number of fused-ring (bicyclic) bond motifs is 1. The molecule has 2 heterocycles. The maximum absolute atomic E-state index is 13.0. The Balaban J connectivity index is 2.12. The molecule has 21 heavy (non-hydrogen) atoms. The van der Waals surface area contributed by atoms with Crippen molar-refractivity contribution >= 4 is 21.5 Å². The van der Waals surface area contributed by atoms with E-state index in [-0.39, 0.29) is 10.8 Å². The number of nitrogens with zero attached hydrogens (tertiary/aromatic N) is 3. The molecule has 0 spiro atoms. The van der Waals surface area contributed by atoms with Crippen LogP contribution in [-0.4, -0.2) is 35.2 Å². The summed E-state index contributed by atoms with van der Waals surface area (Å²) in [5.41, 5.74) is 2.95. The molecule has 114 valence electrons. The zero-order valence-corrected chi connectivity index (χ0v) is 12.7. The Morgan fingerprint density at radius 2 is 2.24 bits per heavy atom. The third kappa shape index (κ3) is 2.50. The molecule has 3 rings (SSSR count). The van der Waals surface area contributed by atoms with Crippen LogP contribution in [0.2, 0.25) is 0 Å². The molecule has 0 amide bonds. The smallest absolute Gasteiger partial charge is 0.262 e. The summed E-state index contributed by atoms with van der Waals surface area (Å²) in [4.78, 5) is 4.23. The number of anilines is 1. The van der Waals surface area contributed by atoms with Crippen LogP contribution in [0.4, 0.5) is 5.82 Å². The van der Waals surface area contributed by atoms with Gasteiger partial charge in [0.1, 0.15) is 5.65 Å². The van der Waals surface area contributed by atoms with E-state index in [0.717, 1.165) is 12.8 Å². The highest BCUT2D eigenvalue weighted by molar-refractivity contribution is 7.89. The number of pyridine rings is 1. The SMILES string of the molecule is CCN(CC1CC1)S(=O)(=O)c1c(NN)nc2ccccn12. The molecular weight excluding hydrogens is 290 g/mol. The Kier molecular flexibility index (Phi) is 3.60. The monoisotopic (exact) mass is 309 g/mol. The molecule has 0 atom stereocenters. The van der Waals surface area contributed by atoms with Gasteiger partial charge in [0.2, 0.25) is 5.03 Å². The van der Waals surface area contributed by atoms with Crippen molar-refractivity contribution in [2.45, 2.75) is 24.8 Å². The zero-order valence-electron chi connectivity index (χ0n) is 11.9. The number of hydrogen-bond donors (Lipinski definition) is 2. The molecule has 2 aromatic heterocycles. The molecule has 8 heteroatoms. The first kappa shape index (κ1) is 14.3. The fourth-order valence-electron chi connectivity index (χ4n) is 2.42. The van der Waals surface area contributed by atoms with Crippen LogP contribution in [0.25, 0.3) is 5.65 Å². The summed E-state index contributed by atoms with van der Waals surface area (Å²) in [6.45, 7) is 2.84. The number of hydrogen-bond acceptors (Lipinski definition) is 5. The number of imidazole rings is 1. The zero-order chi connectivity index (χ0) is 15.0. The molecule has 0 aromatic carbocycles. The van der Waals surface area contributed by atoms with Gasteiger partial charge in [-0.05, 0) is 30.9 Å². The van der Waals surface area contributed by atoms with Crippen LogP contribution in [0, 0.1) is 5.92 Å². The van der Waals surface area contributed by atoms with Gasteiger partial charge in [0.05, 0.1) is 0 Å². The molecular formula is C13H19N5O2S. The van der Waals surface area contributed by atoms with E-state index in [4.69, 9.17) is 5.84 Å². The lowest BCUT2D eigenvalue weighted by atomic mass is 10.4. The van der Waals surface area contributed by atoms with E-state index in [1.165, 1.54) is 4.31 Å². The van der Waals surface area contributed by atoms with Crippen LogP contribution in [0.1, 0.15) is 19.8 Å². The van der Waals surface area contributed by atoms with Crippen LogP contribution in [-0.2, 0) is 10.0 Å². The summed E-state index contributed by atoms with van der Waals surface area (Å²) in [7, 11) is -3.64. The van der Waals surface area contributed by atoms with Crippen LogP contribution in [0.15, 0.2) is 29.4 Å². The standard InChI is InChI=1S/C13H19N5O2S/c1-2-17(9-10-6-7-10)21(19,20)13-12(16-14)15-11-5-3-4-8-18(11)13/h3-5,8,10,16H,2,6-7,9,14H2,1H3. The highest BCUT2D eigenvalue weighted by Crippen LogP contribution is 2.32. The third-order valence-corrected chi connectivity index (χ3v) is 5.68. The van der Waals surface area contributed by atoms with E-state index in [2.05, 4.69) is 10.4 Å². The minimum atomic E-state index is -3.64. The number of nitrogens with one attached hydrogen (secondary N) is 1. The number of rotatable bonds is 6. The highest BCUT2D eigenvalue weighted by atomic mass is 32.2. The molecule has 2 aromatic rings. The Hall–Kier alpha value is -1.64. The van der Waals surface area contributed by atoms with Crippen molar-refractivity contribution < 1.29 is 8.42 Å². The second-order valence-electron chi connectivity index (χ2n) is 5.24. The summed E-state index contributed by atoms with van der Waals surface area (Å²) in [6, 6.07) is 5.32. The first-order chi connectivity index (χ1) is 10.1. The van der Waals surface area contributed by atoms with Crippen molar-refractivity contribution in [2.75, 3.05) is 18.5 Å². The van der Waals surface area contributed by atoms with Crippen molar-refractivity contribution in [1.82, 2.24) is 13.7 Å². The van der Waals surface area contributed by atoms with Crippen LogP contribution >= 0.6 is 0 Å². The molecule has 1 saturated carbocycles. The van der Waals surface area contributed by atoms with Crippen molar-refractivity contribution in [3.8, 4) is 0 Å². The summed E-state index contributed by atoms with van der Waals surface area (Å²) in [6.07, 6.45) is 3.88. The number of hydrazine groups is 1. The van der Waals surface area contributed by atoms with Crippen molar-refractivity contribution in [3.63, 3.8) is 0 Å². The summed E-state index contributed by atoms with van der Waals surface area (Å²) >= 11 is 0. The molecule has 0 unspecified atom stereocenters. The Morgan fingerprint density at radius 3 is 2.86 bits per heavy atom. The Bertz CT molecular complexity index is 751. The second kappa shape index (κ2) is 5.28. The number of nitrogen functional groups attached to an aromatic ring is 1. The molecule has 3 N–H and O–H groups in total. The molecule has 1 aliphatic rings. The minimum absolute atomic E-state index is 0.100. The van der Waals surface area contributed by atoms with E-state index in [9.17, 15) is 8.42 Å². The molecule has 0 saturated heterocycles. The third-order valence-electron chi connectivity index (χ3n) is 3.72. The van der Waals surface area contributed by atoms with Crippen LogP contribution in [0.3, 0.4) is 0 Å². The molecule has 0 bridgehead atoms. The molecule has 0 aliphatic heterocycles. The minimum Gasteiger partial charge on any atom is -0.306 e. The van der Waals surface area contributed by atoms with Gasteiger partial charge < -0.3 is 5.43 Å². The van der Waals surface area contributed by atoms with Crippen LogP contribution < -0.4 is 11.3 Å². The summed E-state index contributed by atoms with van der Waals surface area (Å²) in [5.74, 6) is 6.11. The average molecular weight is 309 g/mol. The second-order valence-corrected chi connectivity index (χ2v) is 7.09. The average Bonchev–Trinajstić information content (AvgIpc) is 3.21. The summed E-state index contributed by atoms with van der Waals surface area (Å²) < 4.78 is 29.0. The van der Waals surface area contributed by atoms with Gasteiger partial charge in [-0.15, -0.1) is 0 Å². The van der Waals surface area contributed by atoms with Crippen molar-refractivity contribution in [1.29, 1.82) is 0 Å². The van der Waals surface area contributed by atoms with Gasteiger partial charge in [0.25, 0.3) is 10.0 Å². The highest BCUT2D eigenvalue weighted by Gasteiger charge is 2.34. The van der Waals surface area contributed by atoms with Gasteiger partial charge in [0.15, 0.2) is 5.82 Å². The largest absolute Gasteiger partial charge is 0.306 e. The molecule has 0 radical (unpaired) electrons. The first-order valence-corrected chi connectivity index (χ1v) is 8.45. The number of sulfonamides is 1. The summed E-state index contributed by atoms with van der Waals surface area (Å²) in [5, 5.41) is 0.100. The number of nitrogens with two attached hydrogens (primary N) is 1. The van der Waals surface area contributed by atoms with Gasteiger partial charge in [-0.1, -0.05) is 13.0 Å². The maximum atomic E-state index is 13.0. The molecule has 1 fully saturated rings. The fourth-order valence-corrected chi connectivity index (χ4v) is 4.17. The first-order valence-electron chi connectivity index (χ1n) is 7.01. The van der Waals surface area contributed by atoms with Gasteiger partial charge in [-0.25, -0.2) is 19.2 Å². The quantitative estimate of drug-likeness (QED) is 0.614. The Labute approximate surface area is 123 Å². The van der Waals surface area contributed by atoms with E-state index < -0.39 is 10.0 Å². The van der Waals surface area contributed by atoms with Crippen molar-refractivity contribution in [3.05, 3.63) is 24.4 Å². The van der Waals surface area contributed by atoms with E-state index in [0.29, 0.717) is 24.7 Å². The lowest BCUT2D eigenvalue weighted by Crippen LogP contribution is -2.34. The van der Waals surface area contributed by atoms with Crippen molar-refractivity contribution in [2.24, 2.45) is 11.8 Å². The van der Waals surface area contributed by atoms with Gasteiger partial charge in [0, 0.05) is 19.3 Å². The number of aromatic nitrogens is 2. The van der Waals surface area contributed by atoms with E-state index >= 15 is 0 Å². The maximum Gasteiger partial charge on any atom is 0.262 e. The lowest BCUT2D eigenvalue weighted by Gasteiger charge is -2.20. The predicted octanol–water partition coefficient (Wildman–Crippen LogP) is 1.04. The topological polar surface area (TPSA) is 92.7 Å². The molecule has 1 aliphatic carbocycles. The lowest BCUT2D eigenvalue weighted by molar-refractivity contribution is 0.410. The molecule has 7 nitrogen and oxygen atoms in total. The normalized spacial score (nSPS) is 15.8. The predicted molar refractivity (Wildman–Crippen MR) is 80.2 cm³/mol. The fraction of sp³-hybridized carbons (Fsp3) is 0.462. The van der Waals surface area contributed by atoms with Gasteiger partial charge in [-0.3, -0.25) is 4.40 Å². The van der Waals surface area contributed by atoms with Gasteiger partial charge in [-0.2, -0.15) is 4.31 Å². The van der Waals surface area contributed by atoms with Crippen LogP contribution in [0.5, 0.6) is 0 Å². The van der Waals surface area contributed by atoms with Gasteiger partial charge >= 0.3 is 0 Å². The van der Waals surface area contributed by atoms with E-state index in [1.807, 2.05) is 6.92 Å². The Morgan fingerprint density at radius 1 is 1.48 bits per heavy atom. The van der Waals surface area contributed by atoms with E-state index in [1.54, 1.807) is 28.8 Å².